The second-order valence-corrected chi connectivity index (χ2v) is 3.86. The highest BCUT2D eigenvalue weighted by Gasteiger charge is 2.30. The molecule has 0 aliphatic rings. The van der Waals surface area contributed by atoms with Crippen LogP contribution in [0.1, 0.15) is 11.1 Å². The molecule has 1 aromatic heterocycles. The van der Waals surface area contributed by atoms with Crippen molar-refractivity contribution in [1.82, 2.24) is 9.78 Å². The van der Waals surface area contributed by atoms with Gasteiger partial charge in [0.2, 0.25) is 6.41 Å². The summed E-state index contributed by atoms with van der Waals surface area (Å²) in [7, 11) is 0. The van der Waals surface area contributed by atoms with Crippen molar-refractivity contribution in [1.29, 1.82) is 0 Å². The van der Waals surface area contributed by atoms with E-state index in [0.717, 1.165) is 12.1 Å². The van der Waals surface area contributed by atoms with Crippen molar-refractivity contribution >= 4 is 12.2 Å². The summed E-state index contributed by atoms with van der Waals surface area (Å²) < 4.78 is 39.1. The Labute approximate surface area is 106 Å². The summed E-state index contributed by atoms with van der Waals surface area (Å²) in [6, 6.07) is 6.60. The Hall–Kier alpha value is -2.31. The van der Waals surface area contributed by atoms with Gasteiger partial charge < -0.3 is 5.32 Å². The first-order chi connectivity index (χ1) is 8.99. The maximum absolute atomic E-state index is 12.5. The molecule has 2 rings (SSSR count). The molecule has 0 aliphatic heterocycles. The predicted octanol–water partition coefficient (Wildman–Crippen LogP) is 2.52. The minimum atomic E-state index is -4.36. The Kier molecular flexibility index (Phi) is 3.55. The SMILES string of the molecule is O=CNc1ccn(Cc2cccc(C(F)(F)F)c2)n1. The maximum atomic E-state index is 12.5. The Balaban J connectivity index is 2.16. The first-order valence-corrected chi connectivity index (χ1v) is 5.39. The first kappa shape index (κ1) is 13.1. The van der Waals surface area contributed by atoms with Crippen molar-refractivity contribution in [3.63, 3.8) is 0 Å². The second-order valence-electron chi connectivity index (χ2n) is 3.86. The van der Waals surface area contributed by atoms with Crippen LogP contribution in [0, 0.1) is 0 Å². The number of aromatic nitrogens is 2. The van der Waals surface area contributed by atoms with Crippen molar-refractivity contribution in [3.05, 3.63) is 47.7 Å². The third-order valence-corrected chi connectivity index (χ3v) is 2.45. The molecule has 1 heterocycles. The van der Waals surface area contributed by atoms with Gasteiger partial charge in [0.05, 0.1) is 12.1 Å². The van der Waals surface area contributed by atoms with E-state index >= 15 is 0 Å². The molecule has 0 aliphatic carbocycles. The van der Waals surface area contributed by atoms with Crippen LogP contribution in [0.15, 0.2) is 36.5 Å². The monoisotopic (exact) mass is 269 g/mol. The van der Waals surface area contributed by atoms with Crippen molar-refractivity contribution in [3.8, 4) is 0 Å². The number of anilines is 1. The molecule has 19 heavy (non-hydrogen) atoms. The normalized spacial score (nSPS) is 11.3. The van der Waals surface area contributed by atoms with E-state index in [1.54, 1.807) is 18.3 Å². The number of carbonyl (C=O) groups is 1. The number of nitrogens with one attached hydrogen (secondary N) is 1. The molecule has 0 unspecified atom stereocenters. The number of rotatable bonds is 4. The topological polar surface area (TPSA) is 46.9 Å². The van der Waals surface area contributed by atoms with E-state index in [1.807, 2.05) is 0 Å². The van der Waals surface area contributed by atoms with Crippen molar-refractivity contribution in [2.45, 2.75) is 12.7 Å². The lowest BCUT2D eigenvalue weighted by molar-refractivity contribution is -0.137. The molecule has 0 radical (unpaired) electrons. The van der Waals surface area contributed by atoms with Gasteiger partial charge in [0.15, 0.2) is 5.82 Å². The van der Waals surface area contributed by atoms with Crippen LogP contribution in [-0.2, 0) is 17.5 Å². The average molecular weight is 269 g/mol. The number of amides is 1. The highest BCUT2D eigenvalue weighted by Crippen LogP contribution is 2.29. The van der Waals surface area contributed by atoms with E-state index in [-0.39, 0.29) is 6.54 Å². The third kappa shape index (κ3) is 3.34. The molecule has 100 valence electrons. The molecule has 0 atom stereocenters. The summed E-state index contributed by atoms with van der Waals surface area (Å²) in [4.78, 5) is 10.2. The molecule has 2 aromatic rings. The second kappa shape index (κ2) is 5.13. The molecule has 1 amide bonds. The zero-order valence-corrected chi connectivity index (χ0v) is 9.69. The lowest BCUT2D eigenvalue weighted by Crippen LogP contribution is -2.07. The van der Waals surface area contributed by atoms with Gasteiger partial charge in [0, 0.05) is 12.3 Å². The fourth-order valence-corrected chi connectivity index (χ4v) is 1.62. The molecule has 0 saturated carbocycles. The molecule has 0 fully saturated rings. The molecular weight excluding hydrogens is 259 g/mol. The fourth-order valence-electron chi connectivity index (χ4n) is 1.62. The van der Waals surface area contributed by atoms with E-state index in [4.69, 9.17) is 0 Å². The van der Waals surface area contributed by atoms with Gasteiger partial charge in [0.25, 0.3) is 0 Å². The van der Waals surface area contributed by atoms with Crippen molar-refractivity contribution in [2.75, 3.05) is 5.32 Å². The standard InChI is InChI=1S/C12H10F3N3O/c13-12(14,15)10-3-1-2-9(6-10)7-18-5-4-11(17-18)16-8-19/h1-6,8H,7H2,(H,16,17,19). The summed E-state index contributed by atoms with van der Waals surface area (Å²) in [5, 5.41) is 6.34. The van der Waals surface area contributed by atoms with Crippen LogP contribution in [0.5, 0.6) is 0 Å². The van der Waals surface area contributed by atoms with Crippen LogP contribution in [0.2, 0.25) is 0 Å². The molecule has 1 N–H and O–H groups in total. The smallest absolute Gasteiger partial charge is 0.312 e. The number of carbonyl (C=O) groups excluding carboxylic acids is 1. The summed E-state index contributed by atoms with van der Waals surface area (Å²) in [5.74, 6) is 0.349. The Bertz CT molecular complexity index is 578. The summed E-state index contributed by atoms with van der Waals surface area (Å²) in [5.41, 5.74) is -0.209. The van der Waals surface area contributed by atoms with Crippen LogP contribution < -0.4 is 5.32 Å². The minimum Gasteiger partial charge on any atom is -0.312 e. The van der Waals surface area contributed by atoms with Crippen LogP contribution in [0.3, 0.4) is 0 Å². The quantitative estimate of drug-likeness (QED) is 0.867. The van der Waals surface area contributed by atoms with Gasteiger partial charge in [-0.15, -0.1) is 0 Å². The molecule has 7 heteroatoms. The van der Waals surface area contributed by atoms with Crippen LogP contribution in [0.4, 0.5) is 19.0 Å². The Morgan fingerprint density at radius 1 is 1.32 bits per heavy atom. The van der Waals surface area contributed by atoms with E-state index < -0.39 is 11.7 Å². The fraction of sp³-hybridized carbons (Fsp3) is 0.167. The third-order valence-electron chi connectivity index (χ3n) is 2.45. The molecule has 0 bridgehead atoms. The number of benzene rings is 1. The lowest BCUT2D eigenvalue weighted by Gasteiger charge is -2.08. The highest BCUT2D eigenvalue weighted by atomic mass is 19.4. The molecular formula is C12H10F3N3O. The van der Waals surface area contributed by atoms with E-state index in [0.29, 0.717) is 17.8 Å². The number of hydrogen-bond acceptors (Lipinski definition) is 2. The van der Waals surface area contributed by atoms with Gasteiger partial charge in [-0.1, -0.05) is 12.1 Å². The Morgan fingerprint density at radius 2 is 2.11 bits per heavy atom. The Morgan fingerprint density at radius 3 is 2.79 bits per heavy atom. The van der Waals surface area contributed by atoms with E-state index in [2.05, 4.69) is 10.4 Å². The summed E-state index contributed by atoms with van der Waals surface area (Å²) in [6.07, 6.45) is -2.30. The predicted molar refractivity (Wildman–Crippen MR) is 62.5 cm³/mol. The van der Waals surface area contributed by atoms with Gasteiger partial charge in [-0.2, -0.15) is 18.3 Å². The first-order valence-electron chi connectivity index (χ1n) is 5.39. The van der Waals surface area contributed by atoms with Crippen LogP contribution >= 0.6 is 0 Å². The molecule has 0 saturated heterocycles. The van der Waals surface area contributed by atoms with Gasteiger partial charge in [-0.25, -0.2) is 0 Å². The van der Waals surface area contributed by atoms with Gasteiger partial charge in [0.1, 0.15) is 0 Å². The zero-order chi connectivity index (χ0) is 13.9. The summed E-state index contributed by atoms with van der Waals surface area (Å²) in [6.45, 7) is 0.199. The number of hydrogen-bond donors (Lipinski definition) is 1. The largest absolute Gasteiger partial charge is 0.416 e. The van der Waals surface area contributed by atoms with E-state index in [1.165, 1.54) is 10.7 Å². The lowest BCUT2D eigenvalue weighted by atomic mass is 10.1. The molecule has 1 aromatic carbocycles. The van der Waals surface area contributed by atoms with Crippen LogP contribution in [0.25, 0.3) is 0 Å². The minimum absolute atomic E-state index is 0.199. The number of halogens is 3. The van der Waals surface area contributed by atoms with E-state index in [9.17, 15) is 18.0 Å². The summed E-state index contributed by atoms with van der Waals surface area (Å²) >= 11 is 0. The average Bonchev–Trinajstić information content (AvgIpc) is 2.76. The van der Waals surface area contributed by atoms with Gasteiger partial charge >= 0.3 is 6.18 Å². The van der Waals surface area contributed by atoms with Gasteiger partial charge in [-0.3, -0.25) is 9.48 Å². The number of alkyl halides is 3. The maximum Gasteiger partial charge on any atom is 0.416 e. The zero-order valence-electron chi connectivity index (χ0n) is 9.69. The van der Waals surface area contributed by atoms with Crippen LogP contribution in [-0.4, -0.2) is 16.2 Å². The number of nitrogens with zero attached hydrogens (tertiary/aromatic N) is 2. The van der Waals surface area contributed by atoms with Gasteiger partial charge in [-0.05, 0) is 17.7 Å². The highest BCUT2D eigenvalue weighted by molar-refractivity contribution is 5.68. The van der Waals surface area contributed by atoms with Crippen molar-refractivity contribution in [2.24, 2.45) is 0 Å². The van der Waals surface area contributed by atoms with Crippen molar-refractivity contribution < 1.29 is 18.0 Å². The molecule has 0 spiro atoms. The molecule has 4 nitrogen and oxygen atoms in total.